The van der Waals surface area contributed by atoms with Crippen LogP contribution in [0.3, 0.4) is 0 Å². The minimum absolute atomic E-state index is 0.00934. The van der Waals surface area contributed by atoms with Crippen molar-refractivity contribution in [2.75, 3.05) is 118 Å². The summed E-state index contributed by atoms with van der Waals surface area (Å²) in [5.74, 6) is -0.345. The Morgan fingerprint density at radius 2 is 1.26 bits per heavy atom. The Morgan fingerprint density at radius 3 is 1.81 bits per heavy atom. The molecule has 0 aromatic rings. The van der Waals surface area contributed by atoms with Gasteiger partial charge in [-0.2, -0.15) is 0 Å². The van der Waals surface area contributed by atoms with Crippen LogP contribution in [-0.2, 0) is 33.3 Å². The van der Waals surface area contributed by atoms with Gasteiger partial charge in [-0.1, -0.05) is 6.42 Å². The average molecular weight is 907 g/mol. The van der Waals surface area contributed by atoms with Gasteiger partial charge < -0.3 is 63.7 Å². The molecule has 6 aliphatic heterocycles. The summed E-state index contributed by atoms with van der Waals surface area (Å²) in [6.07, 6.45) is 3.12. The molecule has 20 heteroatoms. The van der Waals surface area contributed by atoms with E-state index in [0.29, 0.717) is 59.0 Å². The maximum atomic E-state index is 11.9. The van der Waals surface area contributed by atoms with Gasteiger partial charge in [0.2, 0.25) is 11.8 Å². The highest BCUT2D eigenvalue weighted by atomic mass is 35.5. The lowest BCUT2D eigenvalue weighted by Crippen LogP contribution is -2.61. The summed E-state index contributed by atoms with van der Waals surface area (Å²) in [6, 6.07) is 0.272. The molecule has 0 saturated carbocycles. The molecule has 0 bridgehead atoms. The number of aliphatic hydroxyl groups excluding tert-OH is 2. The molecule has 62 heavy (non-hydrogen) atoms. The third-order valence-corrected chi connectivity index (χ3v) is 10.7. The van der Waals surface area contributed by atoms with Gasteiger partial charge in [-0.25, -0.2) is 14.4 Å². The molecule has 6 heterocycles. The lowest BCUT2D eigenvalue weighted by Gasteiger charge is -2.43. The topological polar surface area (TPSA) is 203 Å². The van der Waals surface area contributed by atoms with Gasteiger partial charge in [-0.3, -0.25) is 14.5 Å². The first-order valence-electron chi connectivity index (χ1n) is 22.0. The molecule has 0 aromatic carbocycles. The van der Waals surface area contributed by atoms with Crippen LogP contribution in [0.4, 0.5) is 14.4 Å². The molecule has 19 nitrogen and oxygen atoms in total. The highest BCUT2D eigenvalue weighted by Crippen LogP contribution is 2.20. The Labute approximate surface area is 373 Å². The first kappa shape index (κ1) is 53.1. The maximum Gasteiger partial charge on any atom is 0.410 e. The summed E-state index contributed by atoms with van der Waals surface area (Å²) in [6.45, 7) is 25.7. The molecule has 0 aromatic heterocycles. The number of piperidine rings is 1. The third-order valence-electron chi connectivity index (χ3n) is 10.5. The molecule has 6 rings (SSSR count). The van der Waals surface area contributed by atoms with Crippen LogP contribution in [0.25, 0.3) is 0 Å². The lowest BCUT2D eigenvalue weighted by molar-refractivity contribution is -0.152. The molecule has 3 N–H and O–H groups in total. The zero-order valence-corrected chi connectivity index (χ0v) is 39.5. The van der Waals surface area contributed by atoms with Crippen molar-refractivity contribution in [2.24, 2.45) is 0 Å². The molecule has 0 aliphatic carbocycles. The summed E-state index contributed by atoms with van der Waals surface area (Å²) >= 11 is 5.52. The van der Waals surface area contributed by atoms with E-state index in [1.54, 1.807) is 35.5 Å². The van der Waals surface area contributed by atoms with E-state index in [1.165, 1.54) is 42.2 Å². The van der Waals surface area contributed by atoms with Gasteiger partial charge in [0.05, 0.1) is 45.1 Å². The van der Waals surface area contributed by atoms with E-state index in [4.69, 9.17) is 40.4 Å². The van der Waals surface area contributed by atoms with E-state index in [-0.39, 0.29) is 68.3 Å². The molecule has 6 fully saturated rings. The largest absolute Gasteiger partial charge is 0.444 e. The number of hydrogen-bond donors (Lipinski definition) is 3. The van der Waals surface area contributed by atoms with Gasteiger partial charge in [0, 0.05) is 77.5 Å². The van der Waals surface area contributed by atoms with Gasteiger partial charge in [0.15, 0.2) is 0 Å². The number of fused-ring (bicyclic) bond motifs is 2. The van der Waals surface area contributed by atoms with E-state index in [9.17, 15) is 29.1 Å². The Hall–Kier alpha value is -3.20. The fourth-order valence-corrected chi connectivity index (χ4v) is 7.63. The van der Waals surface area contributed by atoms with Crippen LogP contribution in [0.1, 0.15) is 81.6 Å². The summed E-state index contributed by atoms with van der Waals surface area (Å²) in [5.41, 5.74) is -1.52. The third kappa shape index (κ3) is 18.5. The Kier molecular flexibility index (Phi) is 21.2. The second-order valence-corrected chi connectivity index (χ2v) is 19.5. The first-order valence-corrected chi connectivity index (χ1v) is 22.5. The fraction of sp³-hybridized carbons (Fsp3) is 0.881. The van der Waals surface area contributed by atoms with Crippen molar-refractivity contribution in [1.82, 2.24) is 34.7 Å². The van der Waals surface area contributed by atoms with Crippen molar-refractivity contribution < 1.29 is 57.9 Å². The van der Waals surface area contributed by atoms with Crippen LogP contribution in [0.2, 0.25) is 0 Å². The smallest absolute Gasteiger partial charge is 0.410 e. The lowest BCUT2D eigenvalue weighted by atomic mass is 10.0. The summed E-state index contributed by atoms with van der Waals surface area (Å²) in [7, 11) is 0. The standard InChI is InChI=1S/C12H21ClN2O4.C12H20N2O4.C10H20N2O3.C8H15NO/c1-12(2,3)19-11(18)14-4-5-15(10(17)6-13)9(7-14)8-16;1-12(2,3)18-11(16)13-4-5-14-9(6-13)7-17-8-10(14)15;1-10(2,3)15-9(14)12-5-4-11-8(6-12)7-13;1-2-4-9-5-6-10-7-8(9)3-1/h9,16H,4-8H2,1-3H3;9H,4-8H2,1-3H3;8,11,13H,4-7H2,1-3H3;8H,1-7H2/t2*9-;2*8-/m1111/s1. The van der Waals surface area contributed by atoms with Crippen molar-refractivity contribution in [2.45, 2.75) is 123 Å². The molecule has 5 amide bonds. The van der Waals surface area contributed by atoms with E-state index in [1.807, 2.05) is 41.5 Å². The Morgan fingerprint density at radius 1 is 0.694 bits per heavy atom. The molecular formula is C42H76ClN7O12. The molecule has 358 valence electrons. The number of ether oxygens (including phenoxy) is 5. The van der Waals surface area contributed by atoms with Gasteiger partial charge in [-0.05, 0) is 81.7 Å². The highest BCUT2D eigenvalue weighted by Gasteiger charge is 2.37. The molecule has 0 radical (unpaired) electrons. The number of hydrogen-bond acceptors (Lipinski definition) is 14. The average Bonchev–Trinajstić information content (AvgIpc) is 3.22. The number of carbonyl (C=O) groups is 5. The van der Waals surface area contributed by atoms with Crippen LogP contribution in [0, 0.1) is 0 Å². The van der Waals surface area contributed by atoms with Gasteiger partial charge in [0.1, 0.15) is 29.3 Å². The van der Waals surface area contributed by atoms with Crippen molar-refractivity contribution >= 4 is 41.7 Å². The number of alkyl halides is 1. The van der Waals surface area contributed by atoms with E-state index >= 15 is 0 Å². The summed E-state index contributed by atoms with van der Waals surface area (Å²) in [4.78, 5) is 69.4. The van der Waals surface area contributed by atoms with Gasteiger partial charge in [0.25, 0.3) is 0 Å². The highest BCUT2D eigenvalue weighted by molar-refractivity contribution is 6.27. The minimum Gasteiger partial charge on any atom is -0.444 e. The number of rotatable bonds is 3. The summed E-state index contributed by atoms with van der Waals surface area (Å²) in [5, 5.41) is 21.4. The Balaban J connectivity index is 0.000000225. The van der Waals surface area contributed by atoms with Crippen LogP contribution < -0.4 is 5.32 Å². The SMILES string of the molecule is C1CCN2CCOC[C@H]2C1.CC(C)(C)OC(=O)N1CCN(C(=O)CCl)[C@@H](CO)C1.CC(C)(C)OC(=O)N1CCN2C(=O)COC[C@H]2C1.CC(C)(C)OC(=O)N1CCN[C@@H](CO)C1. The minimum atomic E-state index is -0.561. The molecule has 6 saturated heterocycles. The van der Waals surface area contributed by atoms with Crippen LogP contribution in [-0.4, -0.2) is 228 Å². The first-order chi connectivity index (χ1) is 29.0. The molecular weight excluding hydrogens is 830 g/mol. The predicted octanol–water partition coefficient (Wildman–Crippen LogP) is 2.19. The quantitative estimate of drug-likeness (QED) is 0.275. The maximum absolute atomic E-state index is 11.9. The number of amides is 5. The molecule has 0 spiro atoms. The van der Waals surface area contributed by atoms with Gasteiger partial charge in [-0.15, -0.1) is 11.6 Å². The van der Waals surface area contributed by atoms with E-state index in [2.05, 4.69) is 10.2 Å². The number of piperazine rings is 3. The zero-order valence-electron chi connectivity index (χ0n) is 38.7. The number of halogens is 1. The van der Waals surface area contributed by atoms with E-state index < -0.39 is 28.9 Å². The molecule has 6 aliphatic rings. The van der Waals surface area contributed by atoms with Crippen molar-refractivity contribution in [3.05, 3.63) is 0 Å². The molecule has 0 unspecified atom stereocenters. The van der Waals surface area contributed by atoms with Crippen LogP contribution in [0.15, 0.2) is 0 Å². The van der Waals surface area contributed by atoms with Crippen LogP contribution >= 0.6 is 11.6 Å². The number of nitrogens with one attached hydrogen (secondary N) is 1. The number of aliphatic hydroxyl groups is 2. The van der Waals surface area contributed by atoms with Crippen molar-refractivity contribution in [3.8, 4) is 0 Å². The number of nitrogens with zero attached hydrogens (tertiary/aromatic N) is 6. The summed E-state index contributed by atoms with van der Waals surface area (Å²) < 4.78 is 26.4. The van der Waals surface area contributed by atoms with E-state index in [0.717, 1.165) is 19.3 Å². The number of morpholine rings is 2. The normalized spacial score (nSPS) is 24.6. The van der Waals surface area contributed by atoms with Crippen molar-refractivity contribution in [1.29, 1.82) is 0 Å². The number of carbonyl (C=O) groups excluding carboxylic acids is 5. The zero-order chi connectivity index (χ0) is 46.3. The van der Waals surface area contributed by atoms with Crippen molar-refractivity contribution in [3.63, 3.8) is 0 Å². The molecule has 4 atom stereocenters. The van der Waals surface area contributed by atoms with Crippen LogP contribution in [0.5, 0.6) is 0 Å². The second-order valence-electron chi connectivity index (χ2n) is 19.2. The second kappa shape index (κ2) is 24.8. The monoisotopic (exact) mass is 906 g/mol. The Bertz CT molecular complexity index is 1420. The predicted molar refractivity (Wildman–Crippen MR) is 232 cm³/mol. The van der Waals surface area contributed by atoms with Gasteiger partial charge >= 0.3 is 18.3 Å². The fourth-order valence-electron chi connectivity index (χ4n) is 7.48.